The van der Waals surface area contributed by atoms with Crippen LogP contribution in [0.5, 0.6) is 0 Å². The fourth-order valence-electron chi connectivity index (χ4n) is 2.49. The van der Waals surface area contributed by atoms with Crippen molar-refractivity contribution in [3.63, 3.8) is 0 Å². The highest BCUT2D eigenvalue weighted by Gasteiger charge is 2.26. The lowest BCUT2D eigenvalue weighted by Gasteiger charge is -2.18. The van der Waals surface area contributed by atoms with Crippen LogP contribution in [0.4, 0.5) is 0 Å². The molecule has 1 aliphatic rings. The van der Waals surface area contributed by atoms with Crippen LogP contribution in [0.3, 0.4) is 0 Å². The molecular formula is C15H22O. The summed E-state index contributed by atoms with van der Waals surface area (Å²) in [5, 5.41) is 0. The average molecular weight is 218 g/mol. The van der Waals surface area contributed by atoms with Crippen molar-refractivity contribution in [2.75, 3.05) is 0 Å². The van der Waals surface area contributed by atoms with Gasteiger partial charge in [-0.05, 0) is 39.2 Å². The van der Waals surface area contributed by atoms with Gasteiger partial charge in [0.2, 0.25) is 0 Å². The van der Waals surface area contributed by atoms with Gasteiger partial charge in [0.1, 0.15) is 0 Å². The van der Waals surface area contributed by atoms with Crippen LogP contribution in [0.25, 0.3) is 0 Å². The molecule has 0 N–H and O–H groups in total. The van der Waals surface area contributed by atoms with E-state index in [2.05, 4.69) is 27.0 Å². The van der Waals surface area contributed by atoms with Gasteiger partial charge in [-0.15, -0.1) is 0 Å². The summed E-state index contributed by atoms with van der Waals surface area (Å²) in [4.78, 5) is 11.5. The first-order valence-corrected chi connectivity index (χ1v) is 5.97. The number of carbonyl (C=O) groups excluding carboxylic acids is 1. The first kappa shape index (κ1) is 13.0. The van der Waals surface area contributed by atoms with E-state index in [9.17, 15) is 4.79 Å². The molecule has 0 heterocycles. The monoisotopic (exact) mass is 218 g/mol. The number of allylic oxidation sites excluding steroid dienone is 4. The van der Waals surface area contributed by atoms with E-state index in [4.69, 9.17) is 0 Å². The fraction of sp³-hybridized carbons (Fsp3) is 0.533. The molecule has 0 aromatic carbocycles. The quantitative estimate of drug-likeness (QED) is 0.502. The van der Waals surface area contributed by atoms with E-state index in [1.165, 1.54) is 29.2 Å². The van der Waals surface area contributed by atoms with Crippen molar-refractivity contribution in [2.24, 2.45) is 11.8 Å². The standard InChI is InChI=1S/C15H22O/c1-6-15(16)12(5)9-14-11(4)7-8-13(14)10(2)3/h6,12-13H,1-2,7-9H2,3-5H3. The second kappa shape index (κ2) is 5.29. The summed E-state index contributed by atoms with van der Waals surface area (Å²) in [5.74, 6) is 0.704. The van der Waals surface area contributed by atoms with E-state index in [1.54, 1.807) is 0 Å². The lowest BCUT2D eigenvalue weighted by molar-refractivity contribution is -0.117. The Morgan fingerprint density at radius 1 is 1.62 bits per heavy atom. The summed E-state index contributed by atoms with van der Waals surface area (Å²) in [6, 6.07) is 0. The number of carbonyl (C=O) groups is 1. The van der Waals surface area contributed by atoms with E-state index < -0.39 is 0 Å². The Morgan fingerprint density at radius 2 is 2.25 bits per heavy atom. The third-order valence-corrected chi connectivity index (χ3v) is 3.58. The van der Waals surface area contributed by atoms with Crippen LogP contribution in [0.15, 0.2) is 36.0 Å². The van der Waals surface area contributed by atoms with E-state index in [1.807, 2.05) is 6.92 Å². The zero-order valence-electron chi connectivity index (χ0n) is 10.7. The Labute approximate surface area is 98.9 Å². The molecule has 0 fully saturated rings. The van der Waals surface area contributed by atoms with Gasteiger partial charge >= 0.3 is 0 Å². The van der Waals surface area contributed by atoms with Crippen molar-refractivity contribution >= 4 is 5.78 Å². The maximum atomic E-state index is 11.5. The number of rotatable bonds is 5. The average Bonchev–Trinajstić information content (AvgIpc) is 2.59. The molecule has 1 aliphatic carbocycles. The molecule has 0 bridgehead atoms. The van der Waals surface area contributed by atoms with Crippen LogP contribution in [-0.2, 0) is 4.79 Å². The predicted octanol–water partition coefficient (Wildman–Crippen LogP) is 4.07. The molecule has 2 atom stereocenters. The third-order valence-electron chi connectivity index (χ3n) is 3.58. The Kier molecular flexibility index (Phi) is 4.28. The van der Waals surface area contributed by atoms with E-state index in [-0.39, 0.29) is 11.7 Å². The van der Waals surface area contributed by atoms with Crippen molar-refractivity contribution in [3.05, 3.63) is 36.0 Å². The fourth-order valence-corrected chi connectivity index (χ4v) is 2.49. The van der Waals surface area contributed by atoms with Crippen LogP contribution < -0.4 is 0 Å². The number of hydrogen-bond acceptors (Lipinski definition) is 1. The number of hydrogen-bond donors (Lipinski definition) is 0. The van der Waals surface area contributed by atoms with Gasteiger partial charge in [-0.3, -0.25) is 4.79 Å². The number of ketones is 1. The lowest BCUT2D eigenvalue weighted by Crippen LogP contribution is -2.12. The maximum Gasteiger partial charge on any atom is 0.158 e. The molecule has 1 heteroatoms. The van der Waals surface area contributed by atoms with Crippen molar-refractivity contribution < 1.29 is 4.79 Å². The Morgan fingerprint density at radius 3 is 2.75 bits per heavy atom. The molecule has 0 spiro atoms. The second-order valence-corrected chi connectivity index (χ2v) is 4.95. The molecular weight excluding hydrogens is 196 g/mol. The molecule has 2 unspecified atom stereocenters. The minimum Gasteiger partial charge on any atom is -0.295 e. The SMILES string of the molecule is C=CC(=O)C(C)CC1=C(C)CCC1C(=C)C. The van der Waals surface area contributed by atoms with Gasteiger partial charge in [-0.1, -0.05) is 36.8 Å². The van der Waals surface area contributed by atoms with Crippen molar-refractivity contribution in [2.45, 2.75) is 40.0 Å². The smallest absolute Gasteiger partial charge is 0.158 e. The molecule has 0 aromatic rings. The summed E-state index contributed by atoms with van der Waals surface area (Å²) in [7, 11) is 0. The van der Waals surface area contributed by atoms with E-state index >= 15 is 0 Å². The highest BCUT2D eigenvalue weighted by molar-refractivity contribution is 5.91. The molecule has 0 saturated carbocycles. The largest absolute Gasteiger partial charge is 0.295 e. The molecule has 0 radical (unpaired) electrons. The van der Waals surface area contributed by atoms with Gasteiger partial charge in [0.25, 0.3) is 0 Å². The van der Waals surface area contributed by atoms with E-state index in [0.717, 1.165) is 12.8 Å². The van der Waals surface area contributed by atoms with Crippen molar-refractivity contribution in [3.8, 4) is 0 Å². The summed E-state index contributed by atoms with van der Waals surface area (Å²) in [6.07, 6.45) is 4.63. The normalized spacial score (nSPS) is 22.1. The van der Waals surface area contributed by atoms with Gasteiger partial charge < -0.3 is 0 Å². The summed E-state index contributed by atoms with van der Waals surface area (Å²) >= 11 is 0. The summed E-state index contributed by atoms with van der Waals surface area (Å²) < 4.78 is 0. The lowest BCUT2D eigenvalue weighted by atomic mass is 9.86. The highest BCUT2D eigenvalue weighted by Crippen LogP contribution is 2.39. The molecule has 88 valence electrons. The first-order chi connectivity index (χ1) is 7.47. The van der Waals surface area contributed by atoms with Gasteiger partial charge in [0.05, 0.1) is 0 Å². The zero-order valence-corrected chi connectivity index (χ0v) is 10.7. The van der Waals surface area contributed by atoms with Crippen LogP contribution in [0.1, 0.15) is 40.0 Å². The van der Waals surface area contributed by atoms with Gasteiger partial charge in [-0.25, -0.2) is 0 Å². The van der Waals surface area contributed by atoms with Crippen LogP contribution >= 0.6 is 0 Å². The predicted molar refractivity (Wildman–Crippen MR) is 69.2 cm³/mol. The van der Waals surface area contributed by atoms with Gasteiger partial charge in [-0.2, -0.15) is 0 Å². The molecule has 0 aliphatic heterocycles. The highest BCUT2D eigenvalue weighted by atomic mass is 16.1. The van der Waals surface area contributed by atoms with E-state index in [0.29, 0.717) is 5.92 Å². The summed E-state index contributed by atoms with van der Waals surface area (Å²) in [6.45, 7) is 13.9. The molecule has 0 aromatic heterocycles. The van der Waals surface area contributed by atoms with Gasteiger partial charge in [0, 0.05) is 11.8 Å². The topological polar surface area (TPSA) is 17.1 Å². The van der Waals surface area contributed by atoms with Crippen LogP contribution in [-0.4, -0.2) is 5.78 Å². The molecule has 1 nitrogen and oxygen atoms in total. The molecule has 16 heavy (non-hydrogen) atoms. The molecule has 0 saturated heterocycles. The van der Waals surface area contributed by atoms with Crippen LogP contribution in [0, 0.1) is 11.8 Å². The second-order valence-electron chi connectivity index (χ2n) is 4.95. The molecule has 0 amide bonds. The molecule has 1 rings (SSSR count). The Bertz CT molecular complexity index is 346. The zero-order chi connectivity index (χ0) is 12.3. The van der Waals surface area contributed by atoms with Crippen molar-refractivity contribution in [1.82, 2.24) is 0 Å². The Balaban J connectivity index is 2.78. The third kappa shape index (κ3) is 2.72. The minimum absolute atomic E-state index is 0.0578. The maximum absolute atomic E-state index is 11.5. The first-order valence-electron chi connectivity index (χ1n) is 5.97. The van der Waals surface area contributed by atoms with Crippen LogP contribution in [0.2, 0.25) is 0 Å². The Hall–Kier alpha value is -1.11. The van der Waals surface area contributed by atoms with Gasteiger partial charge in [0.15, 0.2) is 5.78 Å². The minimum atomic E-state index is 0.0578. The summed E-state index contributed by atoms with van der Waals surface area (Å²) in [5.41, 5.74) is 4.12. The van der Waals surface area contributed by atoms with Crippen molar-refractivity contribution in [1.29, 1.82) is 0 Å².